The first kappa shape index (κ1) is 13.4. The smallest absolute Gasteiger partial charge is 0.388 e. The van der Waals surface area contributed by atoms with Gasteiger partial charge in [-0.1, -0.05) is 12.1 Å². The minimum absolute atomic E-state index is 0.0447. The van der Waals surface area contributed by atoms with Gasteiger partial charge >= 0.3 is 6.18 Å². The molecule has 1 heterocycles. The maximum absolute atomic E-state index is 12.4. The van der Waals surface area contributed by atoms with Gasteiger partial charge in [0.25, 0.3) is 0 Å². The van der Waals surface area contributed by atoms with Gasteiger partial charge in [0.05, 0.1) is 24.4 Å². The van der Waals surface area contributed by atoms with Crippen LogP contribution in [-0.2, 0) is 10.9 Å². The van der Waals surface area contributed by atoms with Crippen molar-refractivity contribution in [1.29, 1.82) is 0 Å². The molecule has 2 rings (SSSR count). The van der Waals surface area contributed by atoms with Crippen LogP contribution in [0.25, 0.3) is 0 Å². The van der Waals surface area contributed by atoms with E-state index in [4.69, 9.17) is 4.74 Å². The van der Waals surface area contributed by atoms with Crippen molar-refractivity contribution in [2.45, 2.75) is 31.7 Å². The second kappa shape index (κ2) is 4.90. The summed E-state index contributed by atoms with van der Waals surface area (Å²) < 4.78 is 42.5. The highest BCUT2D eigenvalue weighted by molar-refractivity contribution is 5.26. The Balaban J connectivity index is 2.10. The van der Waals surface area contributed by atoms with Crippen molar-refractivity contribution in [3.8, 4) is 0 Å². The van der Waals surface area contributed by atoms with Crippen molar-refractivity contribution in [3.05, 3.63) is 35.4 Å². The van der Waals surface area contributed by atoms with E-state index in [-0.39, 0.29) is 12.0 Å². The molecule has 0 spiro atoms. The Hall–Kier alpha value is -1.07. The van der Waals surface area contributed by atoms with E-state index in [0.29, 0.717) is 12.2 Å². The monoisotopic (exact) mass is 260 g/mol. The Morgan fingerprint density at radius 3 is 2.33 bits per heavy atom. The number of hydrogen-bond acceptors (Lipinski definition) is 2. The fraction of sp³-hybridized carbons (Fsp3) is 0.538. The van der Waals surface area contributed by atoms with E-state index in [1.54, 1.807) is 0 Å². The normalized spacial score (nSPS) is 26.3. The molecule has 1 aromatic carbocycles. The lowest BCUT2D eigenvalue weighted by Crippen LogP contribution is -2.13. The van der Waals surface area contributed by atoms with Gasteiger partial charge in [0.15, 0.2) is 0 Å². The fourth-order valence-electron chi connectivity index (χ4n) is 2.21. The first-order chi connectivity index (χ1) is 8.38. The number of ether oxygens (including phenoxy) is 1. The largest absolute Gasteiger partial charge is 0.416 e. The van der Waals surface area contributed by atoms with E-state index < -0.39 is 17.8 Å². The fourth-order valence-corrected chi connectivity index (χ4v) is 2.21. The molecule has 100 valence electrons. The standard InChI is InChI=1S/C13H15F3O2/c1-8-6-10(7-18-8)12(17)9-2-4-11(5-3-9)13(14,15)16/h2-5,8,10,12,17H,6-7H2,1H3. The van der Waals surface area contributed by atoms with Gasteiger partial charge in [0.2, 0.25) is 0 Å². The summed E-state index contributed by atoms with van der Waals surface area (Å²) in [5.41, 5.74) is -0.194. The summed E-state index contributed by atoms with van der Waals surface area (Å²) >= 11 is 0. The summed E-state index contributed by atoms with van der Waals surface area (Å²) in [4.78, 5) is 0. The zero-order valence-corrected chi connectivity index (χ0v) is 9.95. The molecule has 1 aliphatic heterocycles. The third-order valence-corrected chi connectivity index (χ3v) is 3.26. The van der Waals surface area contributed by atoms with Gasteiger partial charge in [0, 0.05) is 5.92 Å². The van der Waals surface area contributed by atoms with Crippen LogP contribution in [0, 0.1) is 5.92 Å². The quantitative estimate of drug-likeness (QED) is 0.885. The molecule has 0 aliphatic carbocycles. The van der Waals surface area contributed by atoms with Crippen molar-refractivity contribution >= 4 is 0 Å². The molecule has 3 unspecified atom stereocenters. The number of benzene rings is 1. The molecule has 18 heavy (non-hydrogen) atoms. The molecular weight excluding hydrogens is 245 g/mol. The molecule has 0 amide bonds. The Morgan fingerprint density at radius 2 is 1.89 bits per heavy atom. The van der Waals surface area contributed by atoms with E-state index in [2.05, 4.69) is 0 Å². The Morgan fingerprint density at radius 1 is 1.28 bits per heavy atom. The Labute approximate surface area is 103 Å². The molecule has 5 heteroatoms. The van der Waals surface area contributed by atoms with Crippen LogP contribution in [0.5, 0.6) is 0 Å². The van der Waals surface area contributed by atoms with Crippen LogP contribution in [-0.4, -0.2) is 17.8 Å². The van der Waals surface area contributed by atoms with Gasteiger partial charge in [-0.3, -0.25) is 0 Å². The second-order valence-electron chi connectivity index (χ2n) is 4.70. The van der Waals surface area contributed by atoms with Gasteiger partial charge in [-0.25, -0.2) is 0 Å². The SMILES string of the molecule is CC1CC(C(O)c2ccc(C(F)(F)F)cc2)CO1. The lowest BCUT2D eigenvalue weighted by molar-refractivity contribution is -0.137. The van der Waals surface area contributed by atoms with Crippen molar-refractivity contribution in [1.82, 2.24) is 0 Å². The summed E-state index contributed by atoms with van der Waals surface area (Å²) in [7, 11) is 0. The topological polar surface area (TPSA) is 29.5 Å². The van der Waals surface area contributed by atoms with Gasteiger partial charge < -0.3 is 9.84 Å². The van der Waals surface area contributed by atoms with Crippen LogP contribution in [0.2, 0.25) is 0 Å². The molecule has 1 aromatic rings. The molecule has 2 nitrogen and oxygen atoms in total. The highest BCUT2D eigenvalue weighted by atomic mass is 19.4. The van der Waals surface area contributed by atoms with E-state index in [1.807, 2.05) is 6.92 Å². The summed E-state index contributed by atoms with van der Waals surface area (Å²) in [5, 5.41) is 10.1. The highest BCUT2D eigenvalue weighted by Crippen LogP contribution is 2.34. The first-order valence-electron chi connectivity index (χ1n) is 5.84. The van der Waals surface area contributed by atoms with E-state index in [1.165, 1.54) is 12.1 Å². The summed E-state index contributed by atoms with van der Waals surface area (Å²) in [6, 6.07) is 4.66. The van der Waals surface area contributed by atoms with Crippen LogP contribution < -0.4 is 0 Å². The molecule has 0 saturated carbocycles. The minimum Gasteiger partial charge on any atom is -0.388 e. The zero-order chi connectivity index (χ0) is 13.3. The summed E-state index contributed by atoms with van der Waals surface area (Å²) in [6.07, 6.45) is -4.28. The maximum atomic E-state index is 12.4. The van der Waals surface area contributed by atoms with E-state index in [0.717, 1.165) is 18.6 Å². The van der Waals surface area contributed by atoms with Gasteiger partial charge in [-0.2, -0.15) is 13.2 Å². The van der Waals surface area contributed by atoms with E-state index >= 15 is 0 Å². The zero-order valence-electron chi connectivity index (χ0n) is 9.95. The number of aliphatic hydroxyl groups is 1. The molecule has 1 fully saturated rings. The molecule has 1 N–H and O–H groups in total. The Bertz CT molecular complexity index is 400. The lowest BCUT2D eigenvalue weighted by Gasteiger charge is -2.17. The second-order valence-corrected chi connectivity index (χ2v) is 4.70. The molecule has 3 atom stereocenters. The Kier molecular flexibility index (Phi) is 3.64. The number of rotatable bonds is 2. The van der Waals surface area contributed by atoms with Crippen molar-refractivity contribution in [3.63, 3.8) is 0 Å². The van der Waals surface area contributed by atoms with Gasteiger partial charge in [-0.05, 0) is 31.0 Å². The van der Waals surface area contributed by atoms with Crippen LogP contribution >= 0.6 is 0 Å². The summed E-state index contributed by atoms with van der Waals surface area (Å²) in [5.74, 6) is -0.0447. The molecule has 1 aliphatic rings. The van der Waals surface area contributed by atoms with Crippen molar-refractivity contribution < 1.29 is 23.0 Å². The number of aliphatic hydroxyl groups excluding tert-OH is 1. The average Bonchev–Trinajstić information content (AvgIpc) is 2.74. The molecule has 0 aromatic heterocycles. The van der Waals surface area contributed by atoms with Crippen LogP contribution in [0.3, 0.4) is 0 Å². The predicted molar refractivity (Wildman–Crippen MR) is 59.9 cm³/mol. The third-order valence-electron chi connectivity index (χ3n) is 3.26. The highest BCUT2D eigenvalue weighted by Gasteiger charge is 2.32. The minimum atomic E-state index is -4.34. The number of halogens is 3. The average molecular weight is 260 g/mol. The van der Waals surface area contributed by atoms with Crippen LogP contribution in [0.1, 0.15) is 30.6 Å². The van der Waals surface area contributed by atoms with Gasteiger partial charge in [-0.15, -0.1) is 0 Å². The van der Waals surface area contributed by atoms with Crippen molar-refractivity contribution in [2.75, 3.05) is 6.61 Å². The first-order valence-corrected chi connectivity index (χ1v) is 5.84. The molecule has 0 bridgehead atoms. The predicted octanol–water partition coefficient (Wildman–Crippen LogP) is 3.16. The maximum Gasteiger partial charge on any atom is 0.416 e. The van der Waals surface area contributed by atoms with Gasteiger partial charge in [0.1, 0.15) is 0 Å². The van der Waals surface area contributed by atoms with Crippen LogP contribution in [0.4, 0.5) is 13.2 Å². The molecular formula is C13H15F3O2. The van der Waals surface area contributed by atoms with Crippen LogP contribution in [0.15, 0.2) is 24.3 Å². The van der Waals surface area contributed by atoms with E-state index in [9.17, 15) is 18.3 Å². The number of hydrogen-bond donors (Lipinski definition) is 1. The summed E-state index contributed by atoms with van der Waals surface area (Å²) in [6.45, 7) is 2.36. The molecule has 1 saturated heterocycles. The van der Waals surface area contributed by atoms with Crippen molar-refractivity contribution in [2.24, 2.45) is 5.92 Å². The number of alkyl halides is 3. The third kappa shape index (κ3) is 2.84. The lowest BCUT2D eigenvalue weighted by atomic mass is 9.93. The molecule has 0 radical (unpaired) electrons.